The van der Waals surface area contributed by atoms with Crippen molar-refractivity contribution >= 4 is 17.4 Å². The number of hydrogen-bond acceptors (Lipinski definition) is 4. The van der Waals surface area contributed by atoms with Gasteiger partial charge in [0.2, 0.25) is 5.91 Å². The number of nitrogen functional groups attached to an aromatic ring is 1. The van der Waals surface area contributed by atoms with Crippen LogP contribution in [0.1, 0.15) is 58.8 Å². The number of nitrogens with two attached hydrogens (primary N) is 1. The van der Waals surface area contributed by atoms with E-state index in [9.17, 15) is 14.4 Å². The Morgan fingerprint density at radius 3 is 2.62 bits per heavy atom. The highest BCUT2D eigenvalue weighted by molar-refractivity contribution is 5.97. The summed E-state index contributed by atoms with van der Waals surface area (Å²) in [5.41, 5.74) is 5.21. The van der Waals surface area contributed by atoms with Crippen molar-refractivity contribution in [3.63, 3.8) is 0 Å². The third-order valence-corrected chi connectivity index (χ3v) is 4.84. The number of carbonyl (C=O) groups is 1. The van der Waals surface area contributed by atoms with Crippen LogP contribution >= 0.6 is 0 Å². The van der Waals surface area contributed by atoms with Gasteiger partial charge in [-0.05, 0) is 32.1 Å². The summed E-state index contributed by atoms with van der Waals surface area (Å²) in [6.45, 7) is 4.89. The van der Waals surface area contributed by atoms with Gasteiger partial charge in [-0.3, -0.25) is 19.1 Å². The number of carbonyl (C=O) groups excluding carboxylic acids is 1. The molecule has 0 aliphatic heterocycles. The van der Waals surface area contributed by atoms with Gasteiger partial charge in [-0.1, -0.05) is 38.8 Å². The van der Waals surface area contributed by atoms with Crippen LogP contribution in [0.25, 0.3) is 0 Å². The lowest BCUT2D eigenvalue weighted by molar-refractivity contribution is -0.122. The van der Waals surface area contributed by atoms with Gasteiger partial charge in [0.25, 0.3) is 5.56 Å². The fourth-order valence-corrected chi connectivity index (χ4v) is 3.26. The number of rotatable bonds is 8. The number of aromatic nitrogens is 2. The first-order valence-corrected chi connectivity index (χ1v) is 9.60. The normalized spacial score (nSPS) is 16.6. The van der Waals surface area contributed by atoms with Crippen LogP contribution in [0.3, 0.4) is 0 Å². The second-order valence-electron chi connectivity index (χ2n) is 6.82. The predicted octanol–water partition coefficient (Wildman–Crippen LogP) is 2.41. The highest BCUT2D eigenvalue weighted by Gasteiger charge is 2.29. The lowest BCUT2D eigenvalue weighted by Crippen LogP contribution is -2.44. The average molecular weight is 362 g/mol. The van der Waals surface area contributed by atoms with Crippen LogP contribution < -0.4 is 21.9 Å². The number of anilines is 2. The molecule has 1 unspecified atom stereocenters. The molecule has 7 heteroatoms. The summed E-state index contributed by atoms with van der Waals surface area (Å²) >= 11 is 0. The van der Waals surface area contributed by atoms with Crippen molar-refractivity contribution in [3.8, 4) is 0 Å². The second kappa shape index (κ2) is 9.40. The Bertz CT molecular complexity index is 763. The van der Waals surface area contributed by atoms with Crippen LogP contribution in [0.5, 0.6) is 0 Å². The number of hydrogen-bond donors (Lipinski definition) is 2. The molecule has 1 atom stereocenters. The summed E-state index contributed by atoms with van der Waals surface area (Å²) < 4.78 is 1.37. The number of unbranched alkanes of at least 4 members (excludes halogenated alkanes) is 2. The van der Waals surface area contributed by atoms with Gasteiger partial charge in [0.15, 0.2) is 5.69 Å². The standard InChI is InChI=1S/C19H30N4O3/c1-3-5-12-22(18(25)14-10-8-7-9-11-14)15-16(20)23(13-6-4-2)19(26)21-17(15)24/h7-8,14H,3-6,9-13,20H2,1-2H3,(H,21,24,26). The molecule has 26 heavy (non-hydrogen) atoms. The Hall–Kier alpha value is -2.31. The van der Waals surface area contributed by atoms with Crippen molar-refractivity contribution in [2.75, 3.05) is 17.2 Å². The molecule has 1 heterocycles. The summed E-state index contributed by atoms with van der Waals surface area (Å²) in [7, 11) is 0. The Morgan fingerprint density at radius 2 is 2.00 bits per heavy atom. The van der Waals surface area contributed by atoms with Crippen molar-refractivity contribution in [1.82, 2.24) is 9.55 Å². The summed E-state index contributed by atoms with van der Waals surface area (Å²) in [6.07, 6.45) is 9.72. The van der Waals surface area contributed by atoms with Crippen molar-refractivity contribution in [3.05, 3.63) is 33.0 Å². The van der Waals surface area contributed by atoms with Crippen molar-refractivity contribution < 1.29 is 4.79 Å². The molecule has 0 bridgehead atoms. The minimum Gasteiger partial charge on any atom is -0.383 e. The summed E-state index contributed by atoms with van der Waals surface area (Å²) in [5, 5.41) is 0. The first-order chi connectivity index (χ1) is 12.5. The Labute approximate surface area is 153 Å². The third-order valence-electron chi connectivity index (χ3n) is 4.84. The van der Waals surface area contributed by atoms with Gasteiger partial charge >= 0.3 is 5.69 Å². The van der Waals surface area contributed by atoms with Gasteiger partial charge in [0, 0.05) is 19.0 Å². The monoisotopic (exact) mass is 362 g/mol. The average Bonchev–Trinajstić information content (AvgIpc) is 2.64. The molecule has 1 aromatic heterocycles. The SMILES string of the molecule is CCCCN(C(=O)C1CC=CCC1)c1c(N)n(CCCC)c(=O)[nH]c1=O. The van der Waals surface area contributed by atoms with Crippen molar-refractivity contribution in [2.24, 2.45) is 5.92 Å². The quantitative estimate of drug-likeness (QED) is 0.693. The van der Waals surface area contributed by atoms with Crippen LogP contribution in [-0.4, -0.2) is 22.0 Å². The Kier molecular flexibility index (Phi) is 7.24. The summed E-state index contributed by atoms with van der Waals surface area (Å²) in [6, 6.07) is 0. The largest absolute Gasteiger partial charge is 0.383 e. The van der Waals surface area contributed by atoms with Crippen LogP contribution in [0, 0.1) is 5.92 Å². The van der Waals surface area contributed by atoms with Crippen molar-refractivity contribution in [2.45, 2.75) is 65.3 Å². The lowest BCUT2D eigenvalue weighted by Gasteiger charge is -2.28. The lowest BCUT2D eigenvalue weighted by atomic mass is 9.93. The molecular formula is C19H30N4O3. The number of H-pyrrole nitrogens is 1. The zero-order chi connectivity index (χ0) is 19.1. The molecule has 0 fully saturated rings. The minimum atomic E-state index is -0.587. The molecule has 1 aliphatic carbocycles. The van der Waals surface area contributed by atoms with E-state index in [0.717, 1.165) is 38.5 Å². The number of nitrogens with zero attached hydrogens (tertiary/aromatic N) is 2. The van der Waals surface area contributed by atoms with Crippen LogP contribution in [-0.2, 0) is 11.3 Å². The fraction of sp³-hybridized carbons (Fsp3) is 0.632. The van der Waals surface area contributed by atoms with Gasteiger partial charge < -0.3 is 10.6 Å². The first kappa shape index (κ1) is 20.0. The molecular weight excluding hydrogens is 332 g/mol. The predicted molar refractivity (Wildman–Crippen MR) is 104 cm³/mol. The maximum absolute atomic E-state index is 13.1. The smallest absolute Gasteiger partial charge is 0.330 e. The highest BCUT2D eigenvalue weighted by Crippen LogP contribution is 2.25. The van der Waals surface area contributed by atoms with Gasteiger partial charge in [0.1, 0.15) is 5.82 Å². The second-order valence-corrected chi connectivity index (χ2v) is 6.82. The van der Waals surface area contributed by atoms with Gasteiger partial charge in [-0.25, -0.2) is 4.79 Å². The van der Waals surface area contributed by atoms with E-state index in [1.54, 1.807) is 0 Å². The molecule has 1 aliphatic rings. The molecule has 0 spiro atoms. The molecule has 1 amide bonds. The Balaban J connectivity index is 2.46. The van der Waals surface area contributed by atoms with Gasteiger partial charge in [-0.15, -0.1) is 0 Å². The third kappa shape index (κ3) is 4.45. The van der Waals surface area contributed by atoms with Crippen molar-refractivity contribution in [1.29, 1.82) is 0 Å². The molecule has 0 saturated carbocycles. The molecule has 1 aromatic rings. The topological polar surface area (TPSA) is 101 Å². The summed E-state index contributed by atoms with van der Waals surface area (Å²) in [4.78, 5) is 41.6. The molecule has 3 N–H and O–H groups in total. The summed E-state index contributed by atoms with van der Waals surface area (Å²) in [5.74, 6) is -0.143. The molecule has 2 rings (SSSR count). The maximum Gasteiger partial charge on any atom is 0.330 e. The van der Waals surface area contributed by atoms with Crippen LogP contribution in [0.15, 0.2) is 21.7 Å². The van der Waals surface area contributed by atoms with Gasteiger partial charge in [0.05, 0.1) is 0 Å². The van der Waals surface area contributed by atoms with E-state index in [1.807, 2.05) is 19.9 Å². The first-order valence-electron chi connectivity index (χ1n) is 9.60. The minimum absolute atomic E-state index is 0.0827. The molecule has 7 nitrogen and oxygen atoms in total. The maximum atomic E-state index is 13.1. The van der Waals surface area contributed by atoms with E-state index >= 15 is 0 Å². The van der Waals surface area contributed by atoms with E-state index in [1.165, 1.54) is 9.47 Å². The van der Waals surface area contributed by atoms with E-state index in [-0.39, 0.29) is 23.3 Å². The number of allylic oxidation sites excluding steroid dienone is 2. The van der Waals surface area contributed by atoms with E-state index in [0.29, 0.717) is 19.5 Å². The molecule has 0 saturated heterocycles. The molecule has 0 aromatic carbocycles. The molecule has 144 valence electrons. The van der Waals surface area contributed by atoms with E-state index < -0.39 is 11.2 Å². The van der Waals surface area contributed by atoms with E-state index in [4.69, 9.17) is 5.73 Å². The Morgan fingerprint density at radius 1 is 1.27 bits per heavy atom. The zero-order valence-electron chi connectivity index (χ0n) is 15.8. The van der Waals surface area contributed by atoms with E-state index in [2.05, 4.69) is 11.1 Å². The number of aromatic amines is 1. The highest BCUT2D eigenvalue weighted by atomic mass is 16.2. The van der Waals surface area contributed by atoms with Crippen LogP contribution in [0.2, 0.25) is 0 Å². The number of amides is 1. The number of nitrogens with one attached hydrogen (secondary N) is 1. The van der Waals surface area contributed by atoms with Gasteiger partial charge in [-0.2, -0.15) is 0 Å². The molecule has 0 radical (unpaired) electrons. The zero-order valence-corrected chi connectivity index (χ0v) is 15.8. The fourth-order valence-electron chi connectivity index (χ4n) is 3.26. The van der Waals surface area contributed by atoms with Crippen LogP contribution in [0.4, 0.5) is 11.5 Å².